The fraction of sp³-hybridized carbons (Fsp3) is 1.00. The zero-order valence-electron chi connectivity index (χ0n) is 12.1. The van der Waals surface area contributed by atoms with Gasteiger partial charge in [0.05, 0.1) is 6.10 Å². The molecular weight excluding hydrogens is 224 g/mol. The van der Waals surface area contributed by atoms with Crippen LogP contribution in [0.4, 0.5) is 0 Å². The predicted molar refractivity (Wildman–Crippen MR) is 77.8 cm³/mol. The van der Waals surface area contributed by atoms with Gasteiger partial charge in [0, 0.05) is 6.61 Å². The molecule has 1 aliphatic rings. The Kier molecular flexibility index (Phi) is 9.54. The van der Waals surface area contributed by atoms with Gasteiger partial charge in [-0.15, -0.1) is 0 Å². The Morgan fingerprint density at radius 1 is 1.28 bits per heavy atom. The van der Waals surface area contributed by atoms with E-state index in [4.69, 9.17) is 10.5 Å². The van der Waals surface area contributed by atoms with E-state index in [1.54, 1.807) is 0 Å². The van der Waals surface area contributed by atoms with E-state index in [0.717, 1.165) is 32.2 Å². The highest BCUT2D eigenvalue weighted by Gasteiger charge is 2.14. The van der Waals surface area contributed by atoms with Gasteiger partial charge in [-0.05, 0) is 64.1 Å². The molecule has 1 rings (SSSR count). The van der Waals surface area contributed by atoms with Gasteiger partial charge in [-0.1, -0.05) is 19.8 Å². The number of nitrogens with two attached hydrogens (primary N) is 1. The summed E-state index contributed by atoms with van der Waals surface area (Å²) in [6.07, 6.45) is 10.7. The normalized spacial score (nSPS) is 21.3. The van der Waals surface area contributed by atoms with Gasteiger partial charge in [-0.3, -0.25) is 0 Å². The molecule has 2 atom stereocenters. The molecule has 0 saturated carbocycles. The van der Waals surface area contributed by atoms with Crippen molar-refractivity contribution in [1.82, 2.24) is 5.32 Å². The summed E-state index contributed by atoms with van der Waals surface area (Å²) in [4.78, 5) is 0. The topological polar surface area (TPSA) is 47.3 Å². The lowest BCUT2D eigenvalue weighted by atomic mass is 9.94. The van der Waals surface area contributed by atoms with Gasteiger partial charge in [-0.2, -0.15) is 0 Å². The molecule has 18 heavy (non-hydrogen) atoms. The Morgan fingerprint density at radius 2 is 2.17 bits per heavy atom. The van der Waals surface area contributed by atoms with E-state index < -0.39 is 0 Å². The van der Waals surface area contributed by atoms with E-state index in [0.29, 0.717) is 6.10 Å². The van der Waals surface area contributed by atoms with Crippen LogP contribution in [0, 0.1) is 5.92 Å². The first-order valence-electron chi connectivity index (χ1n) is 7.89. The van der Waals surface area contributed by atoms with E-state index in [1.165, 1.54) is 51.4 Å². The molecule has 2 unspecified atom stereocenters. The molecule has 1 aliphatic heterocycles. The van der Waals surface area contributed by atoms with Gasteiger partial charge >= 0.3 is 0 Å². The summed E-state index contributed by atoms with van der Waals surface area (Å²) in [5.74, 6) is 0.847. The molecule has 0 aromatic carbocycles. The summed E-state index contributed by atoms with van der Waals surface area (Å²) in [7, 11) is 0. The van der Waals surface area contributed by atoms with Crippen LogP contribution in [-0.4, -0.2) is 32.3 Å². The second-order valence-electron chi connectivity index (χ2n) is 5.55. The molecule has 3 heteroatoms. The minimum absolute atomic E-state index is 0.530. The van der Waals surface area contributed by atoms with Crippen molar-refractivity contribution in [3.8, 4) is 0 Å². The summed E-state index contributed by atoms with van der Waals surface area (Å²) in [6, 6.07) is 0. The van der Waals surface area contributed by atoms with Crippen molar-refractivity contribution in [2.24, 2.45) is 11.7 Å². The molecule has 0 radical (unpaired) electrons. The average molecular weight is 256 g/mol. The van der Waals surface area contributed by atoms with Gasteiger partial charge < -0.3 is 15.8 Å². The maximum atomic E-state index is 5.65. The van der Waals surface area contributed by atoms with E-state index in [-0.39, 0.29) is 0 Å². The van der Waals surface area contributed by atoms with Crippen molar-refractivity contribution in [2.75, 3.05) is 26.2 Å². The van der Waals surface area contributed by atoms with Crippen LogP contribution >= 0.6 is 0 Å². The van der Waals surface area contributed by atoms with Crippen LogP contribution in [-0.2, 0) is 4.74 Å². The third-order valence-electron chi connectivity index (χ3n) is 3.90. The predicted octanol–water partition coefficient (Wildman–Crippen LogP) is 2.69. The Bertz CT molecular complexity index is 175. The van der Waals surface area contributed by atoms with Crippen LogP contribution in [0.25, 0.3) is 0 Å². The Balaban J connectivity index is 1.89. The summed E-state index contributed by atoms with van der Waals surface area (Å²) >= 11 is 0. The van der Waals surface area contributed by atoms with Gasteiger partial charge in [0.25, 0.3) is 0 Å². The van der Waals surface area contributed by atoms with Gasteiger partial charge in [0.15, 0.2) is 0 Å². The van der Waals surface area contributed by atoms with Gasteiger partial charge in [0.1, 0.15) is 0 Å². The molecule has 0 aromatic rings. The maximum Gasteiger partial charge on any atom is 0.0588 e. The highest BCUT2D eigenvalue weighted by Crippen LogP contribution is 2.17. The molecule has 108 valence electrons. The number of rotatable bonds is 11. The van der Waals surface area contributed by atoms with Crippen LogP contribution < -0.4 is 11.1 Å². The average Bonchev–Trinajstić information content (AvgIpc) is 2.87. The molecule has 1 heterocycles. The van der Waals surface area contributed by atoms with Gasteiger partial charge in [-0.25, -0.2) is 0 Å². The Hall–Kier alpha value is -0.120. The van der Waals surface area contributed by atoms with Crippen LogP contribution in [0.1, 0.15) is 58.3 Å². The zero-order chi connectivity index (χ0) is 13.1. The van der Waals surface area contributed by atoms with Crippen LogP contribution in [0.15, 0.2) is 0 Å². The van der Waals surface area contributed by atoms with Crippen LogP contribution in [0.3, 0.4) is 0 Å². The zero-order valence-corrected chi connectivity index (χ0v) is 12.1. The second kappa shape index (κ2) is 10.8. The molecule has 3 N–H and O–H groups in total. The maximum absolute atomic E-state index is 5.65. The number of ether oxygens (including phenoxy) is 1. The molecule has 0 aromatic heterocycles. The van der Waals surface area contributed by atoms with Crippen LogP contribution in [0.5, 0.6) is 0 Å². The fourth-order valence-electron chi connectivity index (χ4n) is 2.85. The van der Waals surface area contributed by atoms with E-state index in [9.17, 15) is 0 Å². The van der Waals surface area contributed by atoms with Crippen molar-refractivity contribution in [3.63, 3.8) is 0 Å². The highest BCUT2D eigenvalue weighted by molar-refractivity contribution is 4.66. The monoisotopic (exact) mass is 256 g/mol. The van der Waals surface area contributed by atoms with E-state index in [1.807, 2.05) is 0 Å². The first-order chi connectivity index (χ1) is 8.86. The minimum Gasteiger partial charge on any atom is -0.378 e. The quantitative estimate of drug-likeness (QED) is 0.559. The van der Waals surface area contributed by atoms with Crippen molar-refractivity contribution >= 4 is 0 Å². The van der Waals surface area contributed by atoms with Crippen LogP contribution in [0.2, 0.25) is 0 Å². The fourth-order valence-corrected chi connectivity index (χ4v) is 2.85. The molecule has 1 fully saturated rings. The molecular formula is C15H32N2O. The third-order valence-corrected chi connectivity index (χ3v) is 3.90. The largest absolute Gasteiger partial charge is 0.378 e. The summed E-state index contributed by atoms with van der Waals surface area (Å²) in [5.41, 5.74) is 5.65. The summed E-state index contributed by atoms with van der Waals surface area (Å²) in [6.45, 7) is 6.35. The Labute approximate surface area is 113 Å². The smallest absolute Gasteiger partial charge is 0.0588 e. The first-order valence-corrected chi connectivity index (χ1v) is 7.89. The van der Waals surface area contributed by atoms with Crippen molar-refractivity contribution in [3.05, 3.63) is 0 Å². The van der Waals surface area contributed by atoms with Crippen molar-refractivity contribution < 1.29 is 4.74 Å². The molecule has 1 saturated heterocycles. The summed E-state index contributed by atoms with van der Waals surface area (Å²) in [5, 5.41) is 3.54. The van der Waals surface area contributed by atoms with Crippen molar-refractivity contribution in [1.29, 1.82) is 0 Å². The second-order valence-corrected chi connectivity index (χ2v) is 5.55. The Morgan fingerprint density at radius 3 is 2.83 bits per heavy atom. The molecule has 0 spiro atoms. The summed E-state index contributed by atoms with van der Waals surface area (Å²) < 4.78 is 5.61. The lowest BCUT2D eigenvalue weighted by molar-refractivity contribution is 0.104. The first kappa shape index (κ1) is 15.9. The van der Waals surface area contributed by atoms with E-state index >= 15 is 0 Å². The standard InChI is InChI=1S/C15H32N2O/c1-2-5-14(8-10-16)6-3-11-17-12-9-15-7-4-13-18-15/h14-15,17H,2-13,16H2,1H3. The SMILES string of the molecule is CCCC(CCN)CCCNCCC1CCCO1. The highest BCUT2D eigenvalue weighted by atomic mass is 16.5. The molecule has 3 nitrogen and oxygen atoms in total. The number of hydrogen-bond donors (Lipinski definition) is 2. The lowest BCUT2D eigenvalue weighted by Crippen LogP contribution is -2.22. The van der Waals surface area contributed by atoms with E-state index in [2.05, 4.69) is 12.2 Å². The van der Waals surface area contributed by atoms with Crippen molar-refractivity contribution in [2.45, 2.75) is 64.4 Å². The number of hydrogen-bond acceptors (Lipinski definition) is 3. The molecule has 0 amide bonds. The van der Waals surface area contributed by atoms with Gasteiger partial charge in [0.2, 0.25) is 0 Å². The third kappa shape index (κ3) is 7.34. The number of nitrogens with one attached hydrogen (secondary N) is 1. The molecule has 0 bridgehead atoms. The minimum atomic E-state index is 0.530. The molecule has 0 aliphatic carbocycles. The lowest BCUT2D eigenvalue weighted by Gasteiger charge is -2.15.